The zero-order valence-electron chi connectivity index (χ0n) is 13.8. The third-order valence-corrected chi connectivity index (χ3v) is 4.04. The van der Waals surface area contributed by atoms with Crippen molar-refractivity contribution in [2.45, 2.75) is 31.9 Å². The smallest absolute Gasteiger partial charge is 0.282 e. The first kappa shape index (κ1) is 15.8. The molecule has 4 heterocycles. The molecule has 4 rings (SSSR count). The summed E-state index contributed by atoms with van der Waals surface area (Å²) in [5, 5.41) is 11.3. The van der Waals surface area contributed by atoms with Gasteiger partial charge in [0.05, 0.1) is 49.0 Å². The Morgan fingerprint density at radius 1 is 1.36 bits per heavy atom. The average Bonchev–Trinajstić information content (AvgIpc) is 2.95. The van der Waals surface area contributed by atoms with Gasteiger partial charge in [-0.05, 0) is 19.9 Å². The Morgan fingerprint density at radius 3 is 2.88 bits per heavy atom. The Morgan fingerprint density at radius 2 is 2.16 bits per heavy atom. The summed E-state index contributed by atoms with van der Waals surface area (Å²) < 4.78 is 31.8. The van der Waals surface area contributed by atoms with Crippen LogP contribution in [0.1, 0.15) is 25.6 Å². The largest absolute Gasteiger partial charge is 0.475 e. The minimum Gasteiger partial charge on any atom is -0.475 e. The fourth-order valence-electron chi connectivity index (χ4n) is 2.90. The molecule has 0 radical (unpaired) electrons. The van der Waals surface area contributed by atoms with E-state index in [1.807, 2.05) is 19.9 Å². The van der Waals surface area contributed by atoms with Gasteiger partial charge in [0, 0.05) is 11.5 Å². The molecule has 1 fully saturated rings. The maximum Gasteiger partial charge on any atom is 0.282 e. The minimum atomic E-state index is -2.63. The van der Waals surface area contributed by atoms with Crippen molar-refractivity contribution in [2.75, 3.05) is 13.1 Å². The highest BCUT2D eigenvalue weighted by Gasteiger charge is 2.45. The lowest BCUT2D eigenvalue weighted by Gasteiger charge is -2.41. The molecule has 0 bridgehead atoms. The van der Waals surface area contributed by atoms with Crippen LogP contribution in [0.15, 0.2) is 29.2 Å². The molecule has 9 heteroatoms. The summed E-state index contributed by atoms with van der Waals surface area (Å²) in [7, 11) is 0. The number of hydrogen-bond donors (Lipinski definition) is 2. The molecule has 1 atom stereocenters. The average molecular weight is 348 g/mol. The lowest BCUT2D eigenvalue weighted by atomic mass is 10.1. The zero-order chi connectivity index (χ0) is 17.6. The van der Waals surface area contributed by atoms with Crippen LogP contribution in [-0.2, 0) is 0 Å². The quantitative estimate of drug-likeness (QED) is 0.886. The van der Waals surface area contributed by atoms with Crippen molar-refractivity contribution in [3.8, 4) is 5.88 Å². The van der Waals surface area contributed by atoms with E-state index in [-0.39, 0.29) is 25.2 Å². The molecule has 2 aliphatic heterocycles. The lowest BCUT2D eigenvalue weighted by Crippen LogP contribution is -2.55. The molecule has 0 aromatic carbocycles. The molecule has 0 saturated carbocycles. The fourth-order valence-corrected chi connectivity index (χ4v) is 2.90. The van der Waals surface area contributed by atoms with Gasteiger partial charge in [-0.25, -0.2) is 18.8 Å². The van der Waals surface area contributed by atoms with Gasteiger partial charge in [-0.1, -0.05) is 0 Å². The standard InChI is InChI=1S/C16H18F2N6O/c1-9(2)25-14-3-10-12(5-19-14)22-23-15(10)11-4-13(21-8-20-11)24-6-16(17,18)7-24/h3-5,8-9,11H,6-7H2,1-2H3,(H,20,21)(H,22,23). The molecule has 25 heavy (non-hydrogen) atoms. The first-order chi connectivity index (χ1) is 11.9. The van der Waals surface area contributed by atoms with Gasteiger partial charge in [0.15, 0.2) is 0 Å². The molecular weight excluding hydrogens is 330 g/mol. The number of fused-ring (bicyclic) bond motifs is 1. The summed E-state index contributed by atoms with van der Waals surface area (Å²) in [6.45, 7) is 3.25. The van der Waals surface area contributed by atoms with Crippen molar-refractivity contribution < 1.29 is 13.5 Å². The van der Waals surface area contributed by atoms with Gasteiger partial charge in [-0.3, -0.25) is 5.10 Å². The third-order valence-electron chi connectivity index (χ3n) is 4.04. The number of aromatic nitrogens is 3. The van der Waals surface area contributed by atoms with Crippen molar-refractivity contribution in [1.82, 2.24) is 25.4 Å². The van der Waals surface area contributed by atoms with E-state index in [1.165, 1.54) is 6.34 Å². The number of aromatic amines is 1. The van der Waals surface area contributed by atoms with Crippen molar-refractivity contribution in [1.29, 1.82) is 0 Å². The van der Waals surface area contributed by atoms with Gasteiger partial charge in [-0.2, -0.15) is 5.10 Å². The molecular formula is C16H18F2N6O. The molecule has 2 aromatic heterocycles. The van der Waals surface area contributed by atoms with E-state index in [4.69, 9.17) is 4.74 Å². The van der Waals surface area contributed by atoms with Gasteiger partial charge in [-0.15, -0.1) is 0 Å². The van der Waals surface area contributed by atoms with E-state index in [9.17, 15) is 8.78 Å². The first-order valence-corrected chi connectivity index (χ1v) is 8.05. The predicted octanol–water partition coefficient (Wildman–Crippen LogP) is 2.21. The Balaban J connectivity index is 1.62. The second kappa shape index (κ2) is 5.68. The van der Waals surface area contributed by atoms with E-state index in [0.29, 0.717) is 11.7 Å². The van der Waals surface area contributed by atoms with E-state index in [1.54, 1.807) is 17.2 Å². The molecule has 0 amide bonds. The SMILES string of the molecule is CC(C)Oc1cc2c(C3C=C(N4CC(F)(F)C4)N=CN3)n[nH]c2cn1. The maximum atomic E-state index is 13.1. The number of aliphatic imine (C=N–C) groups is 1. The van der Waals surface area contributed by atoms with Gasteiger partial charge in [0.1, 0.15) is 5.82 Å². The van der Waals surface area contributed by atoms with Crippen LogP contribution in [0.2, 0.25) is 0 Å². The number of pyridine rings is 1. The molecule has 2 N–H and O–H groups in total. The molecule has 2 aliphatic rings. The summed E-state index contributed by atoms with van der Waals surface area (Å²) in [5.41, 5.74) is 1.52. The number of ether oxygens (including phenoxy) is 1. The summed E-state index contributed by atoms with van der Waals surface area (Å²) in [4.78, 5) is 9.95. The number of H-pyrrole nitrogens is 1. The van der Waals surface area contributed by atoms with E-state index in [0.717, 1.165) is 16.6 Å². The molecule has 132 valence electrons. The fraction of sp³-hybridized carbons (Fsp3) is 0.438. The van der Waals surface area contributed by atoms with Crippen molar-refractivity contribution >= 4 is 17.2 Å². The second-order valence-corrected chi connectivity index (χ2v) is 6.48. The van der Waals surface area contributed by atoms with Gasteiger partial charge in [0.2, 0.25) is 5.88 Å². The summed E-state index contributed by atoms with van der Waals surface area (Å²) in [6.07, 6.45) is 5.00. The van der Waals surface area contributed by atoms with Gasteiger partial charge in [0.25, 0.3) is 5.92 Å². The number of likely N-dealkylation sites (tertiary alicyclic amines) is 1. The number of nitrogens with zero attached hydrogens (tertiary/aromatic N) is 4. The summed E-state index contributed by atoms with van der Waals surface area (Å²) in [6, 6.07) is 1.55. The Bertz CT molecular complexity index is 851. The molecule has 1 unspecified atom stereocenters. The molecule has 1 saturated heterocycles. The van der Waals surface area contributed by atoms with Crippen LogP contribution >= 0.6 is 0 Å². The van der Waals surface area contributed by atoms with E-state index in [2.05, 4.69) is 25.5 Å². The number of rotatable bonds is 4. The number of nitrogens with one attached hydrogen (secondary N) is 2. The maximum absolute atomic E-state index is 13.1. The molecule has 7 nitrogen and oxygen atoms in total. The number of halogens is 2. The third kappa shape index (κ3) is 3.01. The Labute approximate surface area is 142 Å². The summed E-state index contributed by atoms with van der Waals surface area (Å²) >= 11 is 0. The van der Waals surface area contributed by atoms with Crippen LogP contribution < -0.4 is 10.1 Å². The van der Waals surface area contributed by atoms with Crippen molar-refractivity contribution in [3.05, 3.63) is 29.9 Å². The lowest BCUT2D eigenvalue weighted by molar-refractivity contribution is -0.116. The molecule has 0 aliphatic carbocycles. The Hall–Kier alpha value is -2.71. The number of alkyl halides is 2. The monoisotopic (exact) mass is 348 g/mol. The molecule has 2 aromatic rings. The topological polar surface area (TPSA) is 78.4 Å². The van der Waals surface area contributed by atoms with Gasteiger partial charge >= 0.3 is 0 Å². The van der Waals surface area contributed by atoms with Crippen LogP contribution in [-0.4, -0.2) is 51.5 Å². The highest BCUT2D eigenvalue weighted by molar-refractivity contribution is 5.82. The highest BCUT2D eigenvalue weighted by atomic mass is 19.3. The van der Waals surface area contributed by atoms with Crippen molar-refractivity contribution in [3.63, 3.8) is 0 Å². The summed E-state index contributed by atoms with van der Waals surface area (Å²) in [5.74, 6) is -1.59. The van der Waals surface area contributed by atoms with Crippen LogP contribution in [0.5, 0.6) is 5.88 Å². The first-order valence-electron chi connectivity index (χ1n) is 8.05. The van der Waals surface area contributed by atoms with E-state index < -0.39 is 5.92 Å². The normalized spacial score (nSPS) is 21.9. The highest BCUT2D eigenvalue weighted by Crippen LogP contribution is 2.33. The second-order valence-electron chi connectivity index (χ2n) is 6.48. The van der Waals surface area contributed by atoms with Crippen LogP contribution in [0, 0.1) is 0 Å². The zero-order valence-corrected chi connectivity index (χ0v) is 13.8. The van der Waals surface area contributed by atoms with Crippen LogP contribution in [0.25, 0.3) is 10.9 Å². The molecule has 0 spiro atoms. The van der Waals surface area contributed by atoms with Crippen molar-refractivity contribution in [2.24, 2.45) is 4.99 Å². The number of hydrogen-bond acceptors (Lipinski definition) is 6. The van der Waals surface area contributed by atoms with Crippen LogP contribution in [0.3, 0.4) is 0 Å². The van der Waals surface area contributed by atoms with Crippen LogP contribution in [0.4, 0.5) is 8.78 Å². The minimum absolute atomic E-state index is 0.0137. The van der Waals surface area contributed by atoms with Gasteiger partial charge < -0.3 is 15.0 Å². The Kier molecular flexibility index (Phi) is 3.59. The van der Waals surface area contributed by atoms with E-state index >= 15 is 0 Å². The predicted molar refractivity (Wildman–Crippen MR) is 88.6 cm³/mol.